The number of hydrogen-bond donors (Lipinski definition) is 1. The smallest absolute Gasteiger partial charge is 0.224 e. The number of unbranched alkanes of at least 4 members (excludes halogenated alkanes) is 2. The van der Waals surface area contributed by atoms with Crippen LogP contribution in [0.3, 0.4) is 0 Å². The van der Waals surface area contributed by atoms with Crippen molar-refractivity contribution in [1.29, 1.82) is 0 Å². The van der Waals surface area contributed by atoms with Crippen LogP contribution >= 0.6 is 0 Å². The summed E-state index contributed by atoms with van der Waals surface area (Å²) in [7, 11) is 0. The van der Waals surface area contributed by atoms with Crippen LogP contribution in [-0.4, -0.2) is 5.91 Å². The van der Waals surface area contributed by atoms with Gasteiger partial charge < -0.3 is 5.32 Å². The zero-order valence-corrected chi connectivity index (χ0v) is 9.22. The molecule has 0 aromatic heterocycles. The van der Waals surface area contributed by atoms with Crippen molar-refractivity contribution in [2.75, 3.05) is 5.32 Å². The number of nitrogens with one attached hydrogen (secondary N) is 1. The summed E-state index contributed by atoms with van der Waals surface area (Å²) in [5.74, 6) is -1.59. The van der Waals surface area contributed by atoms with Crippen molar-refractivity contribution in [3.05, 3.63) is 29.8 Å². The monoisotopic (exact) mass is 227 g/mol. The Bertz CT molecular complexity index is 346. The van der Waals surface area contributed by atoms with Gasteiger partial charge in [-0.2, -0.15) is 0 Å². The molecule has 0 saturated carbocycles. The lowest BCUT2D eigenvalue weighted by Gasteiger charge is -2.05. The van der Waals surface area contributed by atoms with Crippen molar-refractivity contribution in [1.82, 2.24) is 0 Å². The molecule has 1 rings (SSSR count). The maximum atomic E-state index is 12.8. The van der Waals surface area contributed by atoms with Gasteiger partial charge in [0.1, 0.15) is 11.6 Å². The molecule has 16 heavy (non-hydrogen) atoms. The molecule has 0 atom stereocenters. The SMILES string of the molecule is CCCCCC(=O)Nc1cc(F)cc(F)c1. The van der Waals surface area contributed by atoms with Crippen LogP contribution in [0, 0.1) is 11.6 Å². The molecule has 88 valence electrons. The molecule has 0 unspecified atom stereocenters. The molecule has 0 radical (unpaired) electrons. The molecule has 0 spiro atoms. The van der Waals surface area contributed by atoms with Gasteiger partial charge >= 0.3 is 0 Å². The Morgan fingerprint density at radius 3 is 2.38 bits per heavy atom. The lowest BCUT2D eigenvalue weighted by atomic mass is 10.2. The number of anilines is 1. The summed E-state index contributed by atoms with van der Waals surface area (Å²) in [6.07, 6.45) is 3.18. The number of rotatable bonds is 5. The molecule has 1 N–H and O–H groups in total. The third-order valence-corrected chi connectivity index (χ3v) is 2.15. The van der Waals surface area contributed by atoms with Crippen LogP contribution in [0.15, 0.2) is 18.2 Å². The second-order valence-electron chi connectivity index (χ2n) is 3.66. The Morgan fingerprint density at radius 1 is 1.19 bits per heavy atom. The summed E-state index contributed by atoms with van der Waals surface area (Å²) >= 11 is 0. The van der Waals surface area contributed by atoms with Crippen molar-refractivity contribution in [2.45, 2.75) is 32.6 Å². The Balaban J connectivity index is 2.49. The molecule has 2 nitrogen and oxygen atoms in total. The standard InChI is InChI=1S/C12H15F2NO/c1-2-3-4-5-12(16)15-11-7-9(13)6-10(14)8-11/h6-8H,2-5H2,1H3,(H,15,16). The predicted molar refractivity (Wildman–Crippen MR) is 59.1 cm³/mol. The third kappa shape index (κ3) is 4.38. The topological polar surface area (TPSA) is 29.1 Å². The van der Waals surface area contributed by atoms with E-state index in [-0.39, 0.29) is 11.6 Å². The van der Waals surface area contributed by atoms with Gasteiger partial charge in [0.2, 0.25) is 5.91 Å². The van der Waals surface area contributed by atoms with Gasteiger partial charge in [0.05, 0.1) is 0 Å². The van der Waals surface area contributed by atoms with E-state index in [4.69, 9.17) is 0 Å². The van der Waals surface area contributed by atoms with Gasteiger partial charge in [-0.05, 0) is 18.6 Å². The Hall–Kier alpha value is -1.45. The lowest BCUT2D eigenvalue weighted by molar-refractivity contribution is -0.116. The first kappa shape index (κ1) is 12.6. The fourth-order valence-electron chi connectivity index (χ4n) is 1.39. The second kappa shape index (κ2) is 6.20. The quantitative estimate of drug-likeness (QED) is 0.766. The summed E-state index contributed by atoms with van der Waals surface area (Å²) < 4.78 is 25.6. The first-order valence-corrected chi connectivity index (χ1v) is 5.37. The van der Waals surface area contributed by atoms with E-state index in [1.54, 1.807) is 0 Å². The highest BCUT2D eigenvalue weighted by Crippen LogP contribution is 2.13. The van der Waals surface area contributed by atoms with E-state index in [2.05, 4.69) is 5.32 Å². The first-order chi connectivity index (χ1) is 7.61. The molecule has 1 aromatic rings. The number of halogens is 2. The zero-order chi connectivity index (χ0) is 12.0. The van der Waals surface area contributed by atoms with E-state index in [0.29, 0.717) is 6.42 Å². The third-order valence-electron chi connectivity index (χ3n) is 2.15. The minimum absolute atomic E-state index is 0.166. The van der Waals surface area contributed by atoms with Crippen LogP contribution in [-0.2, 0) is 4.79 Å². The Kier molecular flexibility index (Phi) is 4.89. The highest BCUT2D eigenvalue weighted by molar-refractivity contribution is 5.90. The number of carbonyl (C=O) groups is 1. The summed E-state index contributed by atoms with van der Waals surface area (Å²) in [5, 5.41) is 2.46. The van der Waals surface area contributed by atoms with Crippen LogP contribution in [0.4, 0.5) is 14.5 Å². The number of hydrogen-bond acceptors (Lipinski definition) is 1. The average Bonchev–Trinajstić information content (AvgIpc) is 2.16. The van der Waals surface area contributed by atoms with Crippen LogP contribution in [0.2, 0.25) is 0 Å². The van der Waals surface area contributed by atoms with Gasteiger partial charge in [0, 0.05) is 18.2 Å². The summed E-state index contributed by atoms with van der Waals surface area (Å²) in [6.45, 7) is 2.04. The average molecular weight is 227 g/mol. The minimum Gasteiger partial charge on any atom is -0.326 e. The van der Waals surface area contributed by atoms with Gasteiger partial charge in [0.15, 0.2) is 0 Å². The number of amides is 1. The van der Waals surface area contributed by atoms with Crippen LogP contribution in [0.5, 0.6) is 0 Å². The fraction of sp³-hybridized carbons (Fsp3) is 0.417. The van der Waals surface area contributed by atoms with Crippen LogP contribution in [0.1, 0.15) is 32.6 Å². The molecule has 1 amide bonds. The Labute approximate surface area is 93.7 Å². The highest BCUT2D eigenvalue weighted by Gasteiger charge is 2.04. The molecule has 0 aliphatic carbocycles. The first-order valence-electron chi connectivity index (χ1n) is 5.37. The van der Waals surface area contributed by atoms with E-state index < -0.39 is 11.6 Å². The maximum absolute atomic E-state index is 12.8. The summed E-state index contributed by atoms with van der Waals surface area (Å²) in [4.78, 5) is 11.4. The molecule has 0 saturated heterocycles. The van der Waals surface area contributed by atoms with Crippen molar-refractivity contribution in [3.8, 4) is 0 Å². The Morgan fingerprint density at radius 2 is 1.81 bits per heavy atom. The summed E-state index contributed by atoms with van der Waals surface area (Å²) in [6, 6.07) is 2.97. The maximum Gasteiger partial charge on any atom is 0.224 e. The van der Waals surface area contributed by atoms with Gasteiger partial charge in [-0.3, -0.25) is 4.79 Å². The van der Waals surface area contributed by atoms with E-state index in [1.807, 2.05) is 6.92 Å². The molecule has 0 aliphatic heterocycles. The zero-order valence-electron chi connectivity index (χ0n) is 9.22. The van der Waals surface area contributed by atoms with E-state index in [9.17, 15) is 13.6 Å². The molecule has 0 aliphatic rings. The van der Waals surface area contributed by atoms with Crippen molar-refractivity contribution in [3.63, 3.8) is 0 Å². The van der Waals surface area contributed by atoms with Crippen molar-refractivity contribution in [2.24, 2.45) is 0 Å². The molecule has 0 heterocycles. The largest absolute Gasteiger partial charge is 0.326 e. The molecular weight excluding hydrogens is 212 g/mol. The second-order valence-corrected chi connectivity index (χ2v) is 3.66. The van der Waals surface area contributed by atoms with E-state index >= 15 is 0 Å². The normalized spacial score (nSPS) is 10.2. The molecular formula is C12H15F2NO. The van der Waals surface area contributed by atoms with Crippen LogP contribution in [0.25, 0.3) is 0 Å². The molecule has 0 fully saturated rings. The van der Waals surface area contributed by atoms with Gasteiger partial charge in [0.25, 0.3) is 0 Å². The number of carbonyl (C=O) groups excluding carboxylic acids is 1. The molecule has 1 aromatic carbocycles. The van der Waals surface area contributed by atoms with Gasteiger partial charge in [-0.25, -0.2) is 8.78 Å². The predicted octanol–water partition coefficient (Wildman–Crippen LogP) is 3.48. The van der Waals surface area contributed by atoms with Crippen molar-refractivity contribution >= 4 is 11.6 Å². The minimum atomic E-state index is -0.691. The molecule has 4 heteroatoms. The summed E-state index contributed by atoms with van der Waals surface area (Å²) in [5.41, 5.74) is 0.166. The van der Waals surface area contributed by atoms with E-state index in [0.717, 1.165) is 37.5 Å². The van der Waals surface area contributed by atoms with Gasteiger partial charge in [-0.1, -0.05) is 19.8 Å². The highest BCUT2D eigenvalue weighted by atomic mass is 19.1. The fourth-order valence-corrected chi connectivity index (χ4v) is 1.39. The number of benzene rings is 1. The van der Waals surface area contributed by atoms with Crippen LogP contribution < -0.4 is 5.32 Å². The molecule has 0 bridgehead atoms. The van der Waals surface area contributed by atoms with E-state index in [1.165, 1.54) is 0 Å². The lowest BCUT2D eigenvalue weighted by Crippen LogP contribution is -2.11. The van der Waals surface area contributed by atoms with Crippen molar-refractivity contribution < 1.29 is 13.6 Å². The van der Waals surface area contributed by atoms with Gasteiger partial charge in [-0.15, -0.1) is 0 Å².